The number of methoxy groups -OCH3 is 1. The number of carbonyl (C=O) groups is 1. The first kappa shape index (κ1) is 24.6. The summed E-state index contributed by atoms with van der Waals surface area (Å²) in [6, 6.07) is 25.6. The molecule has 0 aliphatic rings. The molecule has 4 aromatic carbocycles. The topological polar surface area (TPSA) is 71.3 Å². The zero-order chi connectivity index (χ0) is 25.7. The van der Waals surface area contributed by atoms with Gasteiger partial charge in [-0.2, -0.15) is 5.26 Å². The first-order chi connectivity index (χ1) is 17.4. The molecule has 0 saturated heterocycles. The lowest BCUT2D eigenvalue weighted by molar-refractivity contribution is -0.112. The highest BCUT2D eigenvalue weighted by atomic mass is 16.5. The second-order valence-electron chi connectivity index (χ2n) is 8.72. The average molecular weight is 477 g/mol. The maximum atomic E-state index is 12.8. The Morgan fingerprint density at radius 2 is 1.72 bits per heavy atom. The monoisotopic (exact) mass is 476 g/mol. The van der Waals surface area contributed by atoms with Crippen LogP contribution in [0.25, 0.3) is 16.8 Å². The fourth-order valence-electron chi connectivity index (χ4n) is 4.06. The van der Waals surface area contributed by atoms with Gasteiger partial charge in [-0.1, -0.05) is 54.6 Å². The van der Waals surface area contributed by atoms with Crippen LogP contribution in [0.5, 0.6) is 11.5 Å². The van der Waals surface area contributed by atoms with Gasteiger partial charge in [-0.15, -0.1) is 0 Å². The van der Waals surface area contributed by atoms with E-state index >= 15 is 0 Å². The Balaban J connectivity index is 1.55. The Morgan fingerprint density at radius 3 is 2.50 bits per heavy atom. The normalized spacial score (nSPS) is 11.1. The fraction of sp³-hybridized carbons (Fsp3) is 0.161. The van der Waals surface area contributed by atoms with E-state index in [2.05, 4.69) is 36.5 Å². The first-order valence-corrected chi connectivity index (χ1v) is 11.7. The smallest absolute Gasteiger partial charge is 0.266 e. The van der Waals surface area contributed by atoms with Crippen LogP contribution in [0.4, 0.5) is 5.69 Å². The summed E-state index contributed by atoms with van der Waals surface area (Å²) >= 11 is 0. The molecule has 0 saturated carbocycles. The highest BCUT2D eigenvalue weighted by Crippen LogP contribution is 2.31. The van der Waals surface area contributed by atoms with Crippen molar-refractivity contribution >= 4 is 28.4 Å². The van der Waals surface area contributed by atoms with Crippen LogP contribution in [0, 0.1) is 32.1 Å². The van der Waals surface area contributed by atoms with Crippen molar-refractivity contribution in [3.8, 4) is 17.6 Å². The van der Waals surface area contributed by atoms with E-state index in [4.69, 9.17) is 9.47 Å². The third-order valence-electron chi connectivity index (χ3n) is 6.15. The minimum Gasteiger partial charge on any atom is -0.493 e. The maximum absolute atomic E-state index is 12.8. The number of ether oxygens (including phenoxy) is 2. The quantitative estimate of drug-likeness (QED) is 0.233. The van der Waals surface area contributed by atoms with Gasteiger partial charge < -0.3 is 14.8 Å². The summed E-state index contributed by atoms with van der Waals surface area (Å²) in [5, 5.41) is 14.8. The van der Waals surface area contributed by atoms with E-state index in [0.717, 1.165) is 33.0 Å². The number of hydrogen-bond donors (Lipinski definition) is 1. The van der Waals surface area contributed by atoms with E-state index in [1.54, 1.807) is 31.4 Å². The molecule has 180 valence electrons. The van der Waals surface area contributed by atoms with Gasteiger partial charge in [0.05, 0.1) is 7.11 Å². The molecule has 0 fully saturated rings. The van der Waals surface area contributed by atoms with Crippen molar-refractivity contribution in [2.75, 3.05) is 12.4 Å². The minimum absolute atomic E-state index is 0.00184. The molecular weight excluding hydrogens is 448 g/mol. The lowest BCUT2D eigenvalue weighted by atomic mass is 10.0. The summed E-state index contributed by atoms with van der Waals surface area (Å²) in [6.07, 6.45) is 1.54. The Kier molecular flexibility index (Phi) is 7.36. The highest BCUT2D eigenvalue weighted by molar-refractivity contribution is 6.10. The molecular formula is C31H28N2O3. The van der Waals surface area contributed by atoms with E-state index in [1.165, 1.54) is 0 Å². The number of aryl methyl sites for hydroxylation is 3. The molecule has 1 amide bonds. The summed E-state index contributed by atoms with van der Waals surface area (Å²) in [5.41, 5.74) is 5.57. The predicted octanol–water partition coefficient (Wildman–Crippen LogP) is 6.90. The fourth-order valence-corrected chi connectivity index (χ4v) is 4.06. The van der Waals surface area contributed by atoms with Crippen LogP contribution in [0.2, 0.25) is 0 Å². The summed E-state index contributed by atoms with van der Waals surface area (Å²) in [6.45, 7) is 6.32. The summed E-state index contributed by atoms with van der Waals surface area (Å²) in [7, 11) is 1.57. The molecule has 0 aromatic heterocycles. The van der Waals surface area contributed by atoms with E-state index < -0.39 is 5.91 Å². The summed E-state index contributed by atoms with van der Waals surface area (Å²) in [5.74, 6) is 0.645. The molecule has 0 unspecified atom stereocenters. The molecule has 0 atom stereocenters. The number of benzene rings is 4. The Labute approximate surface area is 211 Å². The first-order valence-electron chi connectivity index (χ1n) is 11.7. The number of amides is 1. The molecule has 0 radical (unpaired) electrons. The van der Waals surface area contributed by atoms with Gasteiger partial charge in [-0.3, -0.25) is 4.79 Å². The second kappa shape index (κ2) is 10.8. The molecule has 0 bridgehead atoms. The van der Waals surface area contributed by atoms with E-state index in [0.29, 0.717) is 29.4 Å². The van der Waals surface area contributed by atoms with Crippen LogP contribution in [0.1, 0.15) is 27.8 Å². The van der Waals surface area contributed by atoms with Gasteiger partial charge in [0, 0.05) is 11.3 Å². The van der Waals surface area contributed by atoms with Crippen molar-refractivity contribution in [1.29, 1.82) is 5.26 Å². The maximum Gasteiger partial charge on any atom is 0.266 e. The highest BCUT2D eigenvalue weighted by Gasteiger charge is 2.13. The van der Waals surface area contributed by atoms with Crippen molar-refractivity contribution in [2.45, 2.75) is 27.4 Å². The van der Waals surface area contributed by atoms with Crippen molar-refractivity contribution in [3.63, 3.8) is 0 Å². The van der Waals surface area contributed by atoms with Gasteiger partial charge in [0.15, 0.2) is 11.5 Å². The molecule has 0 spiro atoms. The Bertz CT molecular complexity index is 1510. The van der Waals surface area contributed by atoms with Crippen LogP contribution < -0.4 is 14.8 Å². The molecule has 4 rings (SSSR count). The number of rotatable bonds is 7. The average Bonchev–Trinajstić information content (AvgIpc) is 2.89. The van der Waals surface area contributed by atoms with Gasteiger partial charge >= 0.3 is 0 Å². The van der Waals surface area contributed by atoms with Gasteiger partial charge in [0.1, 0.15) is 18.2 Å². The SMILES string of the molecule is COc1cc(/C=C(\C#N)C(=O)Nc2cc(C)ccc2C)ccc1OCc1c(C)ccc2ccccc12. The third-order valence-corrected chi connectivity index (χ3v) is 6.15. The second-order valence-corrected chi connectivity index (χ2v) is 8.72. The number of fused-ring (bicyclic) bond motifs is 1. The van der Waals surface area contributed by atoms with Crippen LogP contribution in [-0.4, -0.2) is 13.0 Å². The van der Waals surface area contributed by atoms with E-state index in [1.807, 2.05) is 50.2 Å². The van der Waals surface area contributed by atoms with Gasteiger partial charge in [0.2, 0.25) is 0 Å². The van der Waals surface area contributed by atoms with Gasteiger partial charge in [-0.25, -0.2) is 0 Å². The lowest BCUT2D eigenvalue weighted by Crippen LogP contribution is -2.14. The number of nitrogens with zero attached hydrogens (tertiary/aromatic N) is 1. The third kappa shape index (κ3) is 5.39. The van der Waals surface area contributed by atoms with E-state index in [-0.39, 0.29) is 5.57 Å². The van der Waals surface area contributed by atoms with Crippen molar-refractivity contribution in [3.05, 3.63) is 106 Å². The van der Waals surface area contributed by atoms with E-state index in [9.17, 15) is 10.1 Å². The van der Waals surface area contributed by atoms with Crippen LogP contribution in [0.3, 0.4) is 0 Å². The molecule has 0 aliphatic heterocycles. The molecule has 4 aromatic rings. The largest absolute Gasteiger partial charge is 0.493 e. The molecule has 36 heavy (non-hydrogen) atoms. The summed E-state index contributed by atoms with van der Waals surface area (Å²) < 4.78 is 11.7. The van der Waals surface area contributed by atoms with Gasteiger partial charge in [-0.05, 0) is 78.1 Å². The van der Waals surface area contributed by atoms with Crippen molar-refractivity contribution in [1.82, 2.24) is 0 Å². The summed E-state index contributed by atoms with van der Waals surface area (Å²) in [4.78, 5) is 12.8. The molecule has 5 nitrogen and oxygen atoms in total. The zero-order valence-corrected chi connectivity index (χ0v) is 20.9. The number of carbonyl (C=O) groups excluding carboxylic acids is 1. The Hall–Kier alpha value is -4.56. The van der Waals surface area contributed by atoms with Crippen molar-refractivity contribution < 1.29 is 14.3 Å². The number of nitriles is 1. The zero-order valence-electron chi connectivity index (χ0n) is 20.9. The molecule has 0 heterocycles. The van der Waals surface area contributed by atoms with Crippen LogP contribution in [0.15, 0.2) is 78.4 Å². The molecule has 1 N–H and O–H groups in total. The van der Waals surface area contributed by atoms with Crippen molar-refractivity contribution in [2.24, 2.45) is 0 Å². The lowest BCUT2D eigenvalue weighted by Gasteiger charge is -2.14. The Morgan fingerprint density at radius 1 is 0.944 bits per heavy atom. The molecule has 5 heteroatoms. The number of nitrogens with one attached hydrogen (secondary N) is 1. The number of hydrogen-bond acceptors (Lipinski definition) is 4. The molecule has 0 aliphatic carbocycles. The van der Waals surface area contributed by atoms with Crippen LogP contribution in [-0.2, 0) is 11.4 Å². The standard InChI is InChI=1S/C31H28N2O3/c1-20-9-10-22(3)28(15-20)33-31(34)25(18-32)16-23-12-14-29(30(17-23)35-4)36-19-27-21(2)11-13-24-7-5-6-8-26(24)27/h5-17H,19H2,1-4H3,(H,33,34)/b25-16+. The van der Waals surface area contributed by atoms with Crippen LogP contribution >= 0.6 is 0 Å². The predicted molar refractivity (Wildman–Crippen MR) is 144 cm³/mol. The minimum atomic E-state index is -0.461. The number of anilines is 1. The van der Waals surface area contributed by atoms with Gasteiger partial charge in [0.25, 0.3) is 5.91 Å².